The molecule has 0 aliphatic carbocycles. The molecule has 0 aliphatic heterocycles. The maximum atomic E-state index is 13.3. The second-order valence-corrected chi connectivity index (χ2v) is 5.95. The fourth-order valence-corrected chi connectivity index (χ4v) is 2.78. The van der Waals surface area contributed by atoms with Crippen molar-refractivity contribution in [2.45, 2.75) is 19.5 Å². The third-order valence-electron chi connectivity index (χ3n) is 3.42. The van der Waals surface area contributed by atoms with Crippen molar-refractivity contribution < 1.29 is 9.50 Å². The molecule has 122 valence electrons. The minimum atomic E-state index is -0.631. The summed E-state index contributed by atoms with van der Waals surface area (Å²) in [6.45, 7) is 2.44. The van der Waals surface area contributed by atoms with Gasteiger partial charge in [0.05, 0.1) is 6.04 Å². The second kappa shape index (κ2) is 7.97. The Morgan fingerprint density at radius 3 is 2.70 bits per heavy atom. The minimum absolute atomic E-state index is 0.0494. The topological polar surface area (TPSA) is 56.7 Å². The molecule has 0 bridgehead atoms. The molecule has 6 heteroatoms. The SMILES string of the molecule is CN=C(NCc1ccc(O)c(F)c1)NC(C)c1ccccc1Br. The first kappa shape index (κ1) is 17.3. The maximum absolute atomic E-state index is 13.3. The molecule has 0 saturated heterocycles. The van der Waals surface area contributed by atoms with Crippen LogP contribution in [0.5, 0.6) is 5.75 Å². The van der Waals surface area contributed by atoms with Gasteiger partial charge in [0.2, 0.25) is 0 Å². The first-order chi connectivity index (χ1) is 11.0. The van der Waals surface area contributed by atoms with Crippen LogP contribution >= 0.6 is 15.9 Å². The van der Waals surface area contributed by atoms with Gasteiger partial charge < -0.3 is 15.7 Å². The molecule has 0 heterocycles. The van der Waals surface area contributed by atoms with E-state index < -0.39 is 5.82 Å². The van der Waals surface area contributed by atoms with Crippen molar-refractivity contribution in [2.75, 3.05) is 7.05 Å². The standard InChI is InChI=1S/C17H19BrFN3O/c1-11(13-5-3-4-6-14(13)18)22-17(20-2)21-10-12-7-8-16(23)15(19)9-12/h3-9,11,23H,10H2,1-2H3,(H2,20,21,22). The Hall–Kier alpha value is -2.08. The van der Waals surface area contributed by atoms with Crippen molar-refractivity contribution in [2.24, 2.45) is 4.99 Å². The van der Waals surface area contributed by atoms with E-state index in [1.165, 1.54) is 12.1 Å². The number of aliphatic imine (C=N–C) groups is 1. The van der Waals surface area contributed by atoms with Crippen molar-refractivity contribution in [3.63, 3.8) is 0 Å². The molecular formula is C17H19BrFN3O. The Morgan fingerprint density at radius 1 is 1.30 bits per heavy atom. The lowest BCUT2D eigenvalue weighted by atomic mass is 10.1. The number of rotatable bonds is 4. The van der Waals surface area contributed by atoms with Gasteiger partial charge in [-0.1, -0.05) is 40.2 Å². The van der Waals surface area contributed by atoms with Gasteiger partial charge in [-0.2, -0.15) is 0 Å². The number of guanidine groups is 1. The molecule has 0 radical (unpaired) electrons. The van der Waals surface area contributed by atoms with Crippen LogP contribution in [0.25, 0.3) is 0 Å². The highest BCUT2D eigenvalue weighted by molar-refractivity contribution is 9.10. The van der Waals surface area contributed by atoms with Crippen LogP contribution in [0, 0.1) is 5.82 Å². The largest absolute Gasteiger partial charge is 0.505 e. The molecule has 2 aromatic rings. The van der Waals surface area contributed by atoms with Crippen LogP contribution in [0.2, 0.25) is 0 Å². The van der Waals surface area contributed by atoms with Crippen molar-refractivity contribution in [3.05, 3.63) is 63.9 Å². The fourth-order valence-electron chi connectivity index (χ4n) is 2.15. The Labute approximate surface area is 143 Å². The van der Waals surface area contributed by atoms with Crippen LogP contribution in [0.15, 0.2) is 51.9 Å². The van der Waals surface area contributed by atoms with Gasteiger partial charge >= 0.3 is 0 Å². The third-order valence-corrected chi connectivity index (χ3v) is 4.14. The van der Waals surface area contributed by atoms with E-state index in [0.717, 1.165) is 15.6 Å². The van der Waals surface area contributed by atoms with Crippen molar-refractivity contribution in [1.29, 1.82) is 0 Å². The van der Waals surface area contributed by atoms with Crippen molar-refractivity contribution >= 4 is 21.9 Å². The number of phenols is 1. The Balaban J connectivity index is 1.98. The quantitative estimate of drug-likeness (QED) is 0.560. The molecule has 4 nitrogen and oxygen atoms in total. The predicted octanol–water partition coefficient (Wildman–Crippen LogP) is 3.72. The molecule has 1 atom stereocenters. The number of nitrogens with zero attached hydrogens (tertiary/aromatic N) is 1. The van der Waals surface area contributed by atoms with Gasteiger partial charge in [0.25, 0.3) is 0 Å². The molecule has 0 amide bonds. The van der Waals surface area contributed by atoms with E-state index in [2.05, 4.69) is 31.6 Å². The molecule has 0 spiro atoms. The highest BCUT2D eigenvalue weighted by atomic mass is 79.9. The lowest BCUT2D eigenvalue weighted by Crippen LogP contribution is -2.38. The molecular weight excluding hydrogens is 361 g/mol. The molecule has 3 N–H and O–H groups in total. The zero-order valence-electron chi connectivity index (χ0n) is 13.0. The minimum Gasteiger partial charge on any atom is -0.505 e. The van der Waals surface area contributed by atoms with E-state index in [1.807, 2.05) is 31.2 Å². The molecule has 0 saturated carbocycles. The summed E-state index contributed by atoms with van der Waals surface area (Å²) in [5.74, 6) is -0.366. The molecule has 0 aromatic heterocycles. The van der Waals surface area contributed by atoms with E-state index in [4.69, 9.17) is 0 Å². The first-order valence-electron chi connectivity index (χ1n) is 7.20. The van der Waals surface area contributed by atoms with Gasteiger partial charge in [0, 0.05) is 18.1 Å². The number of halogens is 2. The van der Waals surface area contributed by atoms with Gasteiger partial charge in [-0.3, -0.25) is 4.99 Å². The van der Waals surface area contributed by atoms with Gasteiger partial charge in [-0.25, -0.2) is 4.39 Å². The second-order valence-electron chi connectivity index (χ2n) is 5.10. The van der Waals surface area contributed by atoms with Gasteiger partial charge in [-0.15, -0.1) is 0 Å². The smallest absolute Gasteiger partial charge is 0.191 e. The average Bonchev–Trinajstić information content (AvgIpc) is 2.54. The third kappa shape index (κ3) is 4.69. The Morgan fingerprint density at radius 2 is 2.04 bits per heavy atom. The normalized spacial score (nSPS) is 12.8. The van der Waals surface area contributed by atoms with E-state index >= 15 is 0 Å². The van der Waals surface area contributed by atoms with Crippen LogP contribution in [0.4, 0.5) is 4.39 Å². The summed E-state index contributed by atoms with van der Waals surface area (Å²) in [6.07, 6.45) is 0. The average molecular weight is 380 g/mol. The summed E-state index contributed by atoms with van der Waals surface area (Å²) in [6, 6.07) is 12.3. The van der Waals surface area contributed by atoms with Crippen LogP contribution in [-0.4, -0.2) is 18.1 Å². The molecule has 2 aromatic carbocycles. The fraction of sp³-hybridized carbons (Fsp3) is 0.235. The van der Waals surface area contributed by atoms with Gasteiger partial charge in [0.15, 0.2) is 17.5 Å². The van der Waals surface area contributed by atoms with Gasteiger partial charge in [-0.05, 0) is 36.2 Å². The van der Waals surface area contributed by atoms with Crippen molar-refractivity contribution in [3.8, 4) is 5.75 Å². The predicted molar refractivity (Wildman–Crippen MR) is 94.0 cm³/mol. The summed E-state index contributed by atoms with van der Waals surface area (Å²) >= 11 is 3.53. The number of benzene rings is 2. The van der Waals surface area contributed by atoms with E-state index in [9.17, 15) is 9.50 Å². The Bertz CT molecular complexity index is 706. The highest BCUT2D eigenvalue weighted by Crippen LogP contribution is 2.22. The first-order valence-corrected chi connectivity index (χ1v) is 7.99. The lowest BCUT2D eigenvalue weighted by Gasteiger charge is -2.19. The number of hydrogen-bond acceptors (Lipinski definition) is 2. The van der Waals surface area contributed by atoms with Crippen LogP contribution in [0.3, 0.4) is 0 Å². The highest BCUT2D eigenvalue weighted by Gasteiger charge is 2.10. The number of hydrogen-bond donors (Lipinski definition) is 3. The molecule has 0 fully saturated rings. The van der Waals surface area contributed by atoms with Crippen molar-refractivity contribution in [1.82, 2.24) is 10.6 Å². The number of phenolic OH excluding ortho intramolecular Hbond substituents is 1. The summed E-state index contributed by atoms with van der Waals surface area (Å²) < 4.78 is 14.4. The lowest BCUT2D eigenvalue weighted by molar-refractivity contribution is 0.431. The summed E-state index contributed by atoms with van der Waals surface area (Å²) in [4.78, 5) is 4.17. The summed E-state index contributed by atoms with van der Waals surface area (Å²) in [7, 11) is 1.68. The number of nitrogens with one attached hydrogen (secondary N) is 2. The molecule has 1 unspecified atom stereocenters. The molecule has 0 aliphatic rings. The van der Waals surface area contributed by atoms with E-state index in [0.29, 0.717) is 12.5 Å². The zero-order chi connectivity index (χ0) is 16.8. The van der Waals surface area contributed by atoms with Gasteiger partial charge in [0.1, 0.15) is 0 Å². The van der Waals surface area contributed by atoms with E-state index in [-0.39, 0.29) is 11.8 Å². The van der Waals surface area contributed by atoms with Crippen LogP contribution in [0.1, 0.15) is 24.1 Å². The number of aromatic hydroxyl groups is 1. The Kier molecular flexibility index (Phi) is 5.98. The zero-order valence-corrected chi connectivity index (χ0v) is 14.6. The summed E-state index contributed by atoms with van der Waals surface area (Å²) in [5.41, 5.74) is 1.84. The van der Waals surface area contributed by atoms with Crippen LogP contribution < -0.4 is 10.6 Å². The summed E-state index contributed by atoms with van der Waals surface area (Å²) in [5, 5.41) is 15.6. The van der Waals surface area contributed by atoms with Crippen LogP contribution in [-0.2, 0) is 6.54 Å². The maximum Gasteiger partial charge on any atom is 0.191 e. The molecule has 2 rings (SSSR count). The molecule has 23 heavy (non-hydrogen) atoms. The van der Waals surface area contributed by atoms with E-state index in [1.54, 1.807) is 13.1 Å². The monoisotopic (exact) mass is 379 g/mol.